The molecule has 4 rings (SSSR count). The molecule has 2 aliphatic rings. The van der Waals surface area contributed by atoms with Crippen LogP contribution in [0.25, 0.3) is 5.57 Å². The highest BCUT2D eigenvalue weighted by molar-refractivity contribution is 7.89. The average molecular weight is 508 g/mol. The van der Waals surface area contributed by atoms with Gasteiger partial charge in [0.15, 0.2) is 0 Å². The van der Waals surface area contributed by atoms with Gasteiger partial charge in [-0.25, -0.2) is 8.42 Å². The molecule has 0 unspecified atom stereocenters. The van der Waals surface area contributed by atoms with Crippen LogP contribution in [0.3, 0.4) is 0 Å². The zero-order valence-corrected chi connectivity index (χ0v) is 20.2. The third-order valence-electron chi connectivity index (χ3n) is 6.96. The summed E-state index contributed by atoms with van der Waals surface area (Å²) in [6.45, 7) is 7.06. The topological polar surface area (TPSA) is 83.7 Å². The summed E-state index contributed by atoms with van der Waals surface area (Å²) in [5.74, 6) is -0.465. The average Bonchev–Trinajstić information content (AvgIpc) is 3.58. The lowest BCUT2D eigenvalue weighted by atomic mass is 9.93. The zero-order chi connectivity index (χ0) is 25.6. The Kier molecular flexibility index (Phi) is 6.58. The number of piperazine rings is 1. The molecule has 1 saturated heterocycles. The van der Waals surface area contributed by atoms with Crippen molar-refractivity contribution >= 4 is 21.5 Å². The molecule has 0 spiro atoms. The van der Waals surface area contributed by atoms with Crippen LogP contribution in [0.1, 0.15) is 41.3 Å². The number of carbonyl (C=O) groups is 1. The second kappa shape index (κ2) is 9.07. The largest absolute Gasteiger partial charge is 0.416 e. The van der Waals surface area contributed by atoms with E-state index in [0.717, 1.165) is 37.1 Å². The molecule has 1 aliphatic heterocycles. The Balaban J connectivity index is 1.42. The molecule has 2 aromatic rings. The number of nitrogens with zero attached hydrogens (tertiary/aromatic N) is 2. The third-order valence-corrected chi connectivity index (χ3v) is 8.99. The predicted molar refractivity (Wildman–Crippen MR) is 127 cm³/mol. The molecule has 1 heterocycles. The molecule has 1 amide bonds. The lowest BCUT2D eigenvalue weighted by Gasteiger charge is -2.40. The van der Waals surface area contributed by atoms with Crippen LogP contribution in [0, 0.1) is 0 Å². The predicted octanol–water partition coefficient (Wildman–Crippen LogP) is 3.79. The summed E-state index contributed by atoms with van der Waals surface area (Å²) >= 11 is 0. The van der Waals surface area contributed by atoms with E-state index in [1.165, 1.54) is 16.4 Å². The molecule has 0 aromatic heterocycles. The van der Waals surface area contributed by atoms with Gasteiger partial charge in [0.25, 0.3) is 0 Å². The van der Waals surface area contributed by atoms with E-state index in [1.807, 2.05) is 19.1 Å². The van der Waals surface area contributed by atoms with Gasteiger partial charge >= 0.3 is 6.18 Å². The minimum Gasteiger partial charge on any atom is -0.366 e. The first-order valence-electron chi connectivity index (χ1n) is 11.3. The number of halogens is 3. The molecule has 0 bridgehead atoms. The fourth-order valence-electron chi connectivity index (χ4n) is 4.75. The van der Waals surface area contributed by atoms with E-state index in [4.69, 9.17) is 5.73 Å². The number of hydrogen-bond donors (Lipinski definition) is 1. The van der Waals surface area contributed by atoms with Crippen molar-refractivity contribution in [3.05, 3.63) is 71.8 Å². The molecule has 35 heavy (non-hydrogen) atoms. The Hall–Kier alpha value is -2.69. The normalized spacial score (nSPS) is 21.0. The van der Waals surface area contributed by atoms with Gasteiger partial charge in [-0.3, -0.25) is 9.69 Å². The number of nitrogens with two attached hydrogens (primary N) is 1. The Bertz CT molecular complexity index is 1220. The Morgan fingerprint density at radius 2 is 1.63 bits per heavy atom. The van der Waals surface area contributed by atoms with Crippen molar-refractivity contribution in [1.29, 1.82) is 0 Å². The van der Waals surface area contributed by atoms with E-state index in [1.54, 1.807) is 12.1 Å². The van der Waals surface area contributed by atoms with E-state index in [2.05, 4.69) is 11.5 Å². The Labute approximate surface area is 203 Å². The number of amides is 1. The molecule has 2 aromatic carbocycles. The molecule has 10 heteroatoms. The van der Waals surface area contributed by atoms with Crippen molar-refractivity contribution in [1.82, 2.24) is 9.21 Å². The second-order valence-electron chi connectivity index (χ2n) is 9.42. The number of benzene rings is 2. The van der Waals surface area contributed by atoms with Gasteiger partial charge in [0, 0.05) is 43.2 Å². The highest BCUT2D eigenvalue weighted by atomic mass is 32.2. The van der Waals surface area contributed by atoms with E-state index in [9.17, 15) is 26.4 Å². The zero-order valence-electron chi connectivity index (χ0n) is 19.4. The fourth-order valence-corrected chi connectivity index (χ4v) is 6.36. The second-order valence-corrected chi connectivity index (χ2v) is 11.3. The van der Waals surface area contributed by atoms with E-state index in [0.29, 0.717) is 18.7 Å². The van der Waals surface area contributed by atoms with E-state index >= 15 is 0 Å². The van der Waals surface area contributed by atoms with Crippen molar-refractivity contribution < 1.29 is 26.4 Å². The molecular formula is C25H28F3N3O3S. The summed E-state index contributed by atoms with van der Waals surface area (Å²) in [7, 11) is -3.85. The Morgan fingerprint density at radius 1 is 1.06 bits per heavy atom. The molecule has 1 aliphatic carbocycles. The van der Waals surface area contributed by atoms with Crippen molar-refractivity contribution in [2.75, 3.05) is 26.2 Å². The van der Waals surface area contributed by atoms with Crippen LogP contribution in [0.4, 0.5) is 13.2 Å². The number of sulfonamides is 1. The number of carbonyl (C=O) groups excluding carboxylic acids is 1. The summed E-state index contributed by atoms with van der Waals surface area (Å²) in [5, 5.41) is 0. The number of hydrogen-bond acceptors (Lipinski definition) is 4. The van der Waals surface area contributed by atoms with Gasteiger partial charge in [-0.1, -0.05) is 30.8 Å². The maximum Gasteiger partial charge on any atom is 0.416 e. The first kappa shape index (κ1) is 25.4. The van der Waals surface area contributed by atoms with Gasteiger partial charge in [0.05, 0.1) is 10.5 Å². The summed E-state index contributed by atoms with van der Waals surface area (Å²) in [6.07, 6.45) is -2.54. The van der Waals surface area contributed by atoms with Crippen LogP contribution in [-0.4, -0.2) is 61.9 Å². The van der Waals surface area contributed by atoms with Crippen molar-refractivity contribution in [2.45, 2.75) is 42.3 Å². The highest BCUT2D eigenvalue weighted by Gasteiger charge is 2.46. The first-order chi connectivity index (χ1) is 16.3. The van der Waals surface area contributed by atoms with Gasteiger partial charge in [-0.2, -0.15) is 17.5 Å². The molecule has 188 valence electrons. The fraction of sp³-hybridized carbons (Fsp3) is 0.400. The van der Waals surface area contributed by atoms with Gasteiger partial charge < -0.3 is 5.73 Å². The molecule has 6 nitrogen and oxygen atoms in total. The molecule has 1 atom stereocenters. The number of alkyl halides is 3. The lowest BCUT2D eigenvalue weighted by molar-refractivity contribution is -0.0686. The molecule has 2 N–H and O–H groups in total. The third kappa shape index (κ3) is 5.14. The maximum absolute atomic E-state index is 13.2. The quantitative estimate of drug-likeness (QED) is 0.618. The van der Waals surface area contributed by atoms with E-state index in [-0.39, 0.29) is 28.5 Å². The van der Waals surface area contributed by atoms with Crippen molar-refractivity contribution in [3.63, 3.8) is 0 Å². The van der Waals surface area contributed by atoms with Crippen LogP contribution >= 0.6 is 0 Å². The van der Waals surface area contributed by atoms with Crippen molar-refractivity contribution in [3.8, 4) is 0 Å². The summed E-state index contributed by atoms with van der Waals surface area (Å²) in [5.41, 5.74) is 5.76. The van der Waals surface area contributed by atoms with Gasteiger partial charge in [0.1, 0.15) is 0 Å². The number of rotatable bonds is 7. The Morgan fingerprint density at radius 3 is 2.11 bits per heavy atom. The maximum atomic E-state index is 13.2. The molecular weight excluding hydrogens is 479 g/mol. The van der Waals surface area contributed by atoms with Crippen LogP contribution < -0.4 is 5.73 Å². The molecule has 0 radical (unpaired) electrons. The van der Waals surface area contributed by atoms with E-state index < -0.39 is 27.7 Å². The standard InChI is InChI=1S/C25H28F3N3O3S/c1-17-15-30(16-24(11-12-24)21-7-3-20(4-8-21)23(29)32)13-14-31(17)35(33,34)22-9-5-19(6-10-22)18(2)25(26,27)28/h3-10,17H,2,11-16H2,1H3,(H2,29,32)/t17-/m1/s1. The SMILES string of the molecule is C=C(c1ccc(S(=O)(=O)N2CCN(CC3(c4ccc(C(N)=O)cc4)CC3)C[C@H]2C)cc1)C(F)(F)F. The van der Waals surface area contributed by atoms with Crippen LogP contribution in [0.15, 0.2) is 60.0 Å². The van der Waals surface area contributed by atoms with Gasteiger partial charge in [-0.05, 0) is 55.2 Å². The van der Waals surface area contributed by atoms with Crippen LogP contribution in [-0.2, 0) is 15.4 Å². The van der Waals surface area contributed by atoms with Gasteiger partial charge in [-0.15, -0.1) is 0 Å². The van der Waals surface area contributed by atoms with Crippen LogP contribution in [0.2, 0.25) is 0 Å². The summed E-state index contributed by atoms with van der Waals surface area (Å²) in [6, 6.07) is 11.7. The summed E-state index contributed by atoms with van der Waals surface area (Å²) in [4.78, 5) is 13.6. The van der Waals surface area contributed by atoms with Crippen LogP contribution in [0.5, 0.6) is 0 Å². The number of allylic oxidation sites excluding steroid dienone is 1. The number of primary amides is 1. The van der Waals surface area contributed by atoms with Gasteiger partial charge in [0.2, 0.25) is 15.9 Å². The van der Waals surface area contributed by atoms with Crippen molar-refractivity contribution in [2.24, 2.45) is 5.73 Å². The smallest absolute Gasteiger partial charge is 0.366 e. The lowest BCUT2D eigenvalue weighted by Crippen LogP contribution is -2.55. The molecule has 1 saturated carbocycles. The monoisotopic (exact) mass is 507 g/mol. The molecule has 2 fully saturated rings. The summed E-state index contributed by atoms with van der Waals surface area (Å²) < 4.78 is 66.5. The minimum atomic E-state index is -4.58. The first-order valence-corrected chi connectivity index (χ1v) is 12.8. The highest BCUT2D eigenvalue weighted by Crippen LogP contribution is 2.49. The minimum absolute atomic E-state index is 0.00630.